The van der Waals surface area contributed by atoms with Gasteiger partial charge in [0.25, 0.3) is 5.91 Å². The number of hydrogen-bond donors (Lipinski definition) is 1. The van der Waals surface area contributed by atoms with Crippen molar-refractivity contribution in [1.82, 2.24) is 5.32 Å². The lowest BCUT2D eigenvalue weighted by atomic mass is 10.2. The van der Waals surface area contributed by atoms with Crippen LogP contribution in [0.5, 0.6) is 0 Å². The predicted molar refractivity (Wildman–Crippen MR) is 96.1 cm³/mol. The normalized spacial score (nSPS) is 10.5. The van der Waals surface area contributed by atoms with Crippen molar-refractivity contribution in [3.05, 3.63) is 69.2 Å². The molecular weight excluding hydrogens is 337 g/mol. The number of nitrogens with one attached hydrogen (secondary N) is 1. The minimum absolute atomic E-state index is 0.169. The Morgan fingerprint density at radius 2 is 2.00 bits per heavy atom. The van der Waals surface area contributed by atoms with Crippen LogP contribution in [0.25, 0.3) is 0 Å². The molecular formula is C17H17Cl2NOS. The monoisotopic (exact) mass is 353 g/mol. The number of benzene rings is 2. The summed E-state index contributed by atoms with van der Waals surface area (Å²) in [5.41, 5.74) is 3.02. The lowest BCUT2D eigenvalue weighted by Gasteiger charge is -2.07. The van der Waals surface area contributed by atoms with Crippen LogP contribution in [0.2, 0.25) is 10.0 Å². The van der Waals surface area contributed by atoms with Crippen molar-refractivity contribution in [1.29, 1.82) is 0 Å². The molecule has 0 atom stereocenters. The highest BCUT2D eigenvalue weighted by Gasteiger charge is 2.09. The summed E-state index contributed by atoms with van der Waals surface area (Å²) in [7, 11) is 0. The van der Waals surface area contributed by atoms with Crippen LogP contribution in [0.1, 0.15) is 21.5 Å². The number of hydrogen-bond acceptors (Lipinski definition) is 2. The van der Waals surface area contributed by atoms with Crippen molar-refractivity contribution in [2.45, 2.75) is 12.7 Å². The summed E-state index contributed by atoms with van der Waals surface area (Å²) >= 11 is 13.6. The third-order valence-electron chi connectivity index (χ3n) is 3.06. The number of thioether (sulfide) groups is 1. The Kier molecular flexibility index (Phi) is 6.62. The van der Waals surface area contributed by atoms with Gasteiger partial charge in [-0.1, -0.05) is 53.0 Å². The maximum absolute atomic E-state index is 12.0. The van der Waals surface area contributed by atoms with Crippen LogP contribution >= 0.6 is 35.0 Å². The van der Waals surface area contributed by atoms with Gasteiger partial charge < -0.3 is 5.32 Å². The van der Waals surface area contributed by atoms with Crippen molar-refractivity contribution in [2.75, 3.05) is 12.3 Å². The smallest absolute Gasteiger partial charge is 0.252 e. The minimum Gasteiger partial charge on any atom is -0.351 e. The summed E-state index contributed by atoms with van der Waals surface area (Å²) in [6, 6.07) is 13.3. The lowest BCUT2D eigenvalue weighted by molar-refractivity contribution is 0.0956. The van der Waals surface area contributed by atoms with E-state index in [0.717, 1.165) is 11.5 Å². The Morgan fingerprint density at radius 1 is 1.18 bits per heavy atom. The molecule has 0 saturated heterocycles. The number of carbonyl (C=O) groups is 1. The van der Waals surface area contributed by atoms with Crippen LogP contribution < -0.4 is 5.32 Å². The fourth-order valence-corrected chi connectivity index (χ4v) is 3.30. The van der Waals surface area contributed by atoms with E-state index in [4.69, 9.17) is 23.2 Å². The number of rotatable bonds is 6. The van der Waals surface area contributed by atoms with Crippen molar-refractivity contribution >= 4 is 40.9 Å². The molecule has 0 aliphatic heterocycles. The maximum atomic E-state index is 12.0. The van der Waals surface area contributed by atoms with Gasteiger partial charge in [0, 0.05) is 23.1 Å². The SMILES string of the molecule is Cc1cccc(CSCCNC(=O)c2ccc(Cl)cc2Cl)c1. The molecule has 2 aromatic rings. The molecule has 2 aromatic carbocycles. The molecule has 0 unspecified atom stereocenters. The molecule has 0 spiro atoms. The standard InChI is InChI=1S/C17H17Cl2NOS/c1-12-3-2-4-13(9-12)11-22-8-7-20-17(21)15-6-5-14(18)10-16(15)19/h2-6,9-10H,7-8,11H2,1H3,(H,20,21). The maximum Gasteiger partial charge on any atom is 0.252 e. The van der Waals surface area contributed by atoms with Gasteiger partial charge in [0.1, 0.15) is 0 Å². The molecule has 1 N–H and O–H groups in total. The van der Waals surface area contributed by atoms with E-state index in [2.05, 4.69) is 36.5 Å². The van der Waals surface area contributed by atoms with Gasteiger partial charge in [-0.2, -0.15) is 11.8 Å². The Labute approximate surface area is 145 Å². The van der Waals surface area contributed by atoms with Crippen LogP contribution in [0, 0.1) is 6.92 Å². The summed E-state index contributed by atoms with van der Waals surface area (Å²) in [5, 5.41) is 3.77. The quantitative estimate of drug-likeness (QED) is 0.743. The van der Waals surface area contributed by atoms with E-state index in [1.807, 2.05) is 0 Å². The number of aryl methyl sites for hydroxylation is 1. The lowest BCUT2D eigenvalue weighted by Crippen LogP contribution is -2.26. The van der Waals surface area contributed by atoms with E-state index in [1.165, 1.54) is 11.1 Å². The Hall–Kier alpha value is -1.16. The summed E-state index contributed by atoms with van der Waals surface area (Å²) in [6.45, 7) is 2.69. The van der Waals surface area contributed by atoms with E-state index < -0.39 is 0 Å². The van der Waals surface area contributed by atoms with Crippen LogP contribution in [0.3, 0.4) is 0 Å². The summed E-state index contributed by atoms with van der Waals surface area (Å²) in [6.07, 6.45) is 0. The average Bonchev–Trinajstić information content (AvgIpc) is 2.46. The summed E-state index contributed by atoms with van der Waals surface area (Å²) in [4.78, 5) is 12.0. The molecule has 0 aromatic heterocycles. The first-order chi connectivity index (χ1) is 10.6. The predicted octanol–water partition coefficient (Wildman–Crippen LogP) is 4.97. The number of carbonyl (C=O) groups excluding carboxylic acids is 1. The van der Waals surface area contributed by atoms with Crippen LogP contribution in [0.15, 0.2) is 42.5 Å². The largest absolute Gasteiger partial charge is 0.351 e. The van der Waals surface area contributed by atoms with Gasteiger partial charge >= 0.3 is 0 Å². The van der Waals surface area contributed by atoms with E-state index in [-0.39, 0.29) is 5.91 Å². The van der Waals surface area contributed by atoms with Gasteiger partial charge in [-0.3, -0.25) is 4.79 Å². The fraction of sp³-hybridized carbons (Fsp3) is 0.235. The molecule has 0 heterocycles. The zero-order valence-electron chi connectivity index (χ0n) is 12.2. The molecule has 0 saturated carbocycles. The van der Waals surface area contributed by atoms with E-state index in [0.29, 0.717) is 22.2 Å². The molecule has 2 rings (SSSR count). The highest BCUT2D eigenvalue weighted by Crippen LogP contribution is 2.20. The first-order valence-corrected chi connectivity index (χ1v) is 8.84. The van der Waals surface area contributed by atoms with Crippen molar-refractivity contribution in [3.63, 3.8) is 0 Å². The zero-order valence-corrected chi connectivity index (χ0v) is 14.6. The first kappa shape index (κ1) is 17.2. The number of amides is 1. The first-order valence-electron chi connectivity index (χ1n) is 6.93. The molecule has 0 aliphatic rings. The third-order valence-corrected chi connectivity index (χ3v) is 4.64. The Morgan fingerprint density at radius 3 is 2.73 bits per heavy atom. The van der Waals surface area contributed by atoms with Crippen LogP contribution in [-0.4, -0.2) is 18.2 Å². The molecule has 2 nitrogen and oxygen atoms in total. The molecule has 22 heavy (non-hydrogen) atoms. The van der Waals surface area contributed by atoms with Gasteiger partial charge in [-0.25, -0.2) is 0 Å². The molecule has 0 aliphatic carbocycles. The minimum atomic E-state index is -0.169. The van der Waals surface area contributed by atoms with Gasteiger partial charge in [0.15, 0.2) is 0 Å². The van der Waals surface area contributed by atoms with Crippen molar-refractivity contribution in [3.8, 4) is 0 Å². The van der Waals surface area contributed by atoms with Crippen LogP contribution in [0.4, 0.5) is 0 Å². The van der Waals surface area contributed by atoms with Gasteiger partial charge in [-0.05, 0) is 30.7 Å². The number of halogens is 2. The highest BCUT2D eigenvalue weighted by molar-refractivity contribution is 7.98. The van der Waals surface area contributed by atoms with Gasteiger partial charge in [-0.15, -0.1) is 0 Å². The second-order valence-electron chi connectivity index (χ2n) is 4.92. The summed E-state index contributed by atoms with van der Waals surface area (Å²) < 4.78 is 0. The second-order valence-corrected chi connectivity index (χ2v) is 6.87. The fourth-order valence-electron chi connectivity index (χ4n) is 2.00. The van der Waals surface area contributed by atoms with Crippen LogP contribution in [-0.2, 0) is 5.75 Å². The molecule has 0 bridgehead atoms. The molecule has 0 fully saturated rings. The molecule has 5 heteroatoms. The van der Waals surface area contributed by atoms with Gasteiger partial charge in [0.2, 0.25) is 0 Å². The van der Waals surface area contributed by atoms with Crippen molar-refractivity contribution < 1.29 is 4.79 Å². The Balaban J connectivity index is 1.73. The third kappa shape index (κ3) is 5.24. The van der Waals surface area contributed by atoms with Gasteiger partial charge in [0.05, 0.1) is 10.6 Å². The molecule has 116 valence electrons. The van der Waals surface area contributed by atoms with E-state index >= 15 is 0 Å². The second kappa shape index (κ2) is 8.47. The molecule has 0 radical (unpaired) electrons. The summed E-state index contributed by atoms with van der Waals surface area (Å²) in [5.74, 6) is 1.63. The topological polar surface area (TPSA) is 29.1 Å². The average molecular weight is 354 g/mol. The highest BCUT2D eigenvalue weighted by atomic mass is 35.5. The van der Waals surface area contributed by atoms with Crippen molar-refractivity contribution in [2.24, 2.45) is 0 Å². The molecule has 1 amide bonds. The Bertz CT molecular complexity index is 661. The van der Waals surface area contributed by atoms with E-state index in [1.54, 1.807) is 30.0 Å². The zero-order chi connectivity index (χ0) is 15.9. The van der Waals surface area contributed by atoms with E-state index in [9.17, 15) is 4.79 Å².